The van der Waals surface area contributed by atoms with Crippen LogP contribution in [-0.4, -0.2) is 33.5 Å². The molecule has 1 amide bonds. The molecule has 0 aromatic heterocycles. The number of sulfonamides is 1. The second kappa shape index (κ2) is 11.1. The minimum atomic E-state index is -3.57. The van der Waals surface area contributed by atoms with Crippen molar-refractivity contribution in [1.82, 2.24) is 10.0 Å². The number of benzene rings is 2. The molecule has 0 saturated carbocycles. The van der Waals surface area contributed by atoms with E-state index < -0.39 is 10.0 Å². The minimum absolute atomic E-state index is 0.00503. The number of carbonyl (C=O) groups is 1. The van der Waals surface area contributed by atoms with E-state index in [0.29, 0.717) is 31.6 Å². The molecule has 2 N–H and O–H groups in total. The molecule has 2 aromatic rings. The standard InChI is InChI=1S/C22H30N2O4S/c1-4-17(2)24-29(26,27)21-13-11-20(12-14-21)22(25)23-15-8-16-28-18(3)19-9-6-5-7-10-19/h5-7,9-14,17-18,24H,4,8,15-16H2,1-3H3,(H,23,25). The lowest BCUT2D eigenvalue weighted by Crippen LogP contribution is -2.32. The van der Waals surface area contributed by atoms with Gasteiger partial charge in [0, 0.05) is 24.8 Å². The zero-order chi connectivity index (χ0) is 21.3. The number of rotatable bonds is 11. The van der Waals surface area contributed by atoms with E-state index in [9.17, 15) is 13.2 Å². The Kier molecular flexibility index (Phi) is 8.82. The van der Waals surface area contributed by atoms with Gasteiger partial charge in [0.25, 0.3) is 5.91 Å². The summed E-state index contributed by atoms with van der Waals surface area (Å²) in [7, 11) is -3.57. The SMILES string of the molecule is CCC(C)NS(=O)(=O)c1ccc(C(=O)NCCCOC(C)c2ccccc2)cc1. The number of nitrogens with one attached hydrogen (secondary N) is 2. The highest BCUT2D eigenvalue weighted by molar-refractivity contribution is 7.89. The normalized spacial score (nSPS) is 13.6. The van der Waals surface area contributed by atoms with Gasteiger partial charge in [0.1, 0.15) is 0 Å². The second-order valence-electron chi connectivity index (χ2n) is 6.99. The molecule has 0 heterocycles. The molecule has 29 heavy (non-hydrogen) atoms. The van der Waals surface area contributed by atoms with Crippen LogP contribution in [0.15, 0.2) is 59.5 Å². The lowest BCUT2D eigenvalue weighted by molar-refractivity contribution is 0.0635. The average molecular weight is 419 g/mol. The molecule has 6 nitrogen and oxygen atoms in total. The quantitative estimate of drug-likeness (QED) is 0.546. The van der Waals surface area contributed by atoms with Gasteiger partial charge in [-0.2, -0.15) is 0 Å². The fourth-order valence-electron chi connectivity index (χ4n) is 2.66. The summed E-state index contributed by atoms with van der Waals surface area (Å²) in [6, 6.07) is 15.8. The molecule has 2 unspecified atom stereocenters. The first-order valence-electron chi connectivity index (χ1n) is 9.90. The topological polar surface area (TPSA) is 84.5 Å². The summed E-state index contributed by atoms with van der Waals surface area (Å²) in [4.78, 5) is 12.4. The molecule has 0 aliphatic heterocycles. The van der Waals surface area contributed by atoms with Gasteiger partial charge in [0.15, 0.2) is 0 Å². The summed E-state index contributed by atoms with van der Waals surface area (Å²) < 4.78 is 32.9. The van der Waals surface area contributed by atoms with Crippen molar-refractivity contribution in [3.05, 3.63) is 65.7 Å². The number of hydrogen-bond acceptors (Lipinski definition) is 4. The van der Waals surface area contributed by atoms with E-state index in [4.69, 9.17) is 4.74 Å². The molecule has 2 atom stereocenters. The molecule has 0 radical (unpaired) electrons. The Hall–Kier alpha value is -2.22. The van der Waals surface area contributed by atoms with E-state index in [0.717, 1.165) is 5.56 Å². The van der Waals surface area contributed by atoms with Crippen molar-refractivity contribution in [1.29, 1.82) is 0 Å². The third-order valence-electron chi connectivity index (χ3n) is 4.64. The molecule has 158 valence electrons. The van der Waals surface area contributed by atoms with Crippen molar-refractivity contribution in [2.45, 2.75) is 50.7 Å². The van der Waals surface area contributed by atoms with E-state index in [-0.39, 0.29) is 22.9 Å². The van der Waals surface area contributed by atoms with Gasteiger partial charge in [0.2, 0.25) is 10.0 Å². The van der Waals surface area contributed by atoms with Crippen LogP contribution in [0.3, 0.4) is 0 Å². The van der Waals surface area contributed by atoms with E-state index in [2.05, 4.69) is 10.0 Å². The first-order valence-corrected chi connectivity index (χ1v) is 11.4. The van der Waals surface area contributed by atoms with Gasteiger partial charge < -0.3 is 10.1 Å². The molecule has 0 spiro atoms. The van der Waals surface area contributed by atoms with Crippen LogP contribution < -0.4 is 10.0 Å². The van der Waals surface area contributed by atoms with E-state index in [1.165, 1.54) is 24.3 Å². The van der Waals surface area contributed by atoms with Crippen LogP contribution in [0.2, 0.25) is 0 Å². The van der Waals surface area contributed by atoms with Crippen molar-refractivity contribution < 1.29 is 17.9 Å². The molecule has 0 aliphatic carbocycles. The van der Waals surface area contributed by atoms with Gasteiger partial charge in [-0.05, 0) is 56.5 Å². The molecule has 0 bridgehead atoms. The largest absolute Gasteiger partial charge is 0.374 e. The van der Waals surface area contributed by atoms with E-state index in [1.54, 1.807) is 0 Å². The van der Waals surface area contributed by atoms with Crippen LogP contribution in [0.1, 0.15) is 55.6 Å². The molecule has 0 aliphatic rings. The van der Waals surface area contributed by atoms with E-state index >= 15 is 0 Å². The van der Waals surface area contributed by atoms with Crippen LogP contribution in [-0.2, 0) is 14.8 Å². The Morgan fingerprint density at radius 2 is 1.69 bits per heavy atom. The summed E-state index contributed by atoms with van der Waals surface area (Å²) in [5.74, 6) is -0.236. The van der Waals surface area contributed by atoms with Gasteiger partial charge >= 0.3 is 0 Å². The van der Waals surface area contributed by atoms with Crippen LogP contribution in [0.25, 0.3) is 0 Å². The maximum Gasteiger partial charge on any atom is 0.251 e. The Morgan fingerprint density at radius 1 is 1.03 bits per heavy atom. The highest BCUT2D eigenvalue weighted by Gasteiger charge is 2.17. The average Bonchev–Trinajstić information content (AvgIpc) is 2.73. The van der Waals surface area contributed by atoms with Crippen molar-refractivity contribution in [3.63, 3.8) is 0 Å². The summed E-state index contributed by atoms with van der Waals surface area (Å²) in [5, 5.41) is 2.83. The minimum Gasteiger partial charge on any atom is -0.374 e. The zero-order valence-corrected chi connectivity index (χ0v) is 18.0. The van der Waals surface area contributed by atoms with Gasteiger partial charge in [-0.25, -0.2) is 13.1 Å². The Bertz CT molecular complexity index is 867. The summed E-state index contributed by atoms with van der Waals surface area (Å²) >= 11 is 0. The van der Waals surface area contributed by atoms with Crippen LogP contribution in [0, 0.1) is 0 Å². The zero-order valence-electron chi connectivity index (χ0n) is 17.2. The fraction of sp³-hybridized carbons (Fsp3) is 0.409. The highest BCUT2D eigenvalue weighted by atomic mass is 32.2. The summed E-state index contributed by atoms with van der Waals surface area (Å²) in [6.07, 6.45) is 1.40. The molecule has 0 fully saturated rings. The maximum absolute atomic E-state index is 12.3. The second-order valence-corrected chi connectivity index (χ2v) is 8.70. The van der Waals surface area contributed by atoms with Crippen molar-refractivity contribution in [2.75, 3.05) is 13.2 Å². The Labute approximate surface area is 173 Å². The van der Waals surface area contributed by atoms with Gasteiger partial charge in [-0.15, -0.1) is 0 Å². The third kappa shape index (κ3) is 7.27. The Balaban J connectivity index is 1.76. The summed E-state index contributed by atoms with van der Waals surface area (Å²) in [6.45, 7) is 6.74. The van der Waals surface area contributed by atoms with Crippen molar-refractivity contribution in [2.24, 2.45) is 0 Å². The molecule has 7 heteroatoms. The number of amides is 1. The smallest absolute Gasteiger partial charge is 0.251 e. The molecule has 2 rings (SSSR count). The third-order valence-corrected chi connectivity index (χ3v) is 6.24. The number of hydrogen-bond donors (Lipinski definition) is 2. The van der Waals surface area contributed by atoms with Crippen molar-refractivity contribution >= 4 is 15.9 Å². The van der Waals surface area contributed by atoms with E-state index in [1.807, 2.05) is 51.1 Å². The molecule has 0 saturated heterocycles. The van der Waals surface area contributed by atoms with Gasteiger partial charge in [-0.1, -0.05) is 37.3 Å². The molecular formula is C22H30N2O4S. The molecular weight excluding hydrogens is 388 g/mol. The summed E-state index contributed by atoms with van der Waals surface area (Å²) in [5.41, 5.74) is 1.54. The lowest BCUT2D eigenvalue weighted by Gasteiger charge is -2.14. The predicted octanol–water partition coefficient (Wildman–Crippen LogP) is 3.66. The van der Waals surface area contributed by atoms with Crippen LogP contribution >= 0.6 is 0 Å². The van der Waals surface area contributed by atoms with Gasteiger partial charge in [0.05, 0.1) is 11.0 Å². The number of carbonyl (C=O) groups excluding carboxylic acids is 1. The first kappa shape index (κ1) is 23.1. The Morgan fingerprint density at radius 3 is 2.31 bits per heavy atom. The molecule has 2 aromatic carbocycles. The first-order chi connectivity index (χ1) is 13.8. The monoisotopic (exact) mass is 418 g/mol. The maximum atomic E-state index is 12.3. The van der Waals surface area contributed by atoms with Crippen LogP contribution in [0.5, 0.6) is 0 Å². The number of ether oxygens (including phenoxy) is 1. The lowest BCUT2D eigenvalue weighted by atomic mass is 10.1. The predicted molar refractivity (Wildman–Crippen MR) is 114 cm³/mol. The highest BCUT2D eigenvalue weighted by Crippen LogP contribution is 2.16. The van der Waals surface area contributed by atoms with Gasteiger partial charge in [-0.3, -0.25) is 4.79 Å². The van der Waals surface area contributed by atoms with Crippen LogP contribution in [0.4, 0.5) is 0 Å². The van der Waals surface area contributed by atoms with Crippen molar-refractivity contribution in [3.8, 4) is 0 Å². The fourth-order valence-corrected chi connectivity index (χ4v) is 3.99.